The summed E-state index contributed by atoms with van der Waals surface area (Å²) in [5, 5.41) is 0. The molecule has 0 N–H and O–H groups in total. The van der Waals surface area contributed by atoms with E-state index in [0.29, 0.717) is 37.1 Å². The summed E-state index contributed by atoms with van der Waals surface area (Å²) in [6.07, 6.45) is 3.34. The molecule has 1 amide bonds. The molecular weight excluding hydrogens is 278 g/mol. The number of hydrogen-bond acceptors (Lipinski definition) is 4. The third kappa shape index (κ3) is 3.08. The molecule has 3 heterocycles. The molecule has 0 fully saturated rings. The van der Waals surface area contributed by atoms with Crippen molar-refractivity contribution in [3.63, 3.8) is 0 Å². The lowest BCUT2D eigenvalue weighted by molar-refractivity contribution is 0.0750. The van der Waals surface area contributed by atoms with Crippen LogP contribution in [0.5, 0.6) is 5.88 Å². The van der Waals surface area contributed by atoms with Gasteiger partial charge in [0.05, 0.1) is 24.4 Å². The van der Waals surface area contributed by atoms with Gasteiger partial charge in [-0.1, -0.05) is 19.9 Å². The number of nitrogens with zero attached hydrogens (tertiary/aromatic N) is 3. The van der Waals surface area contributed by atoms with E-state index in [1.807, 2.05) is 12.1 Å². The van der Waals surface area contributed by atoms with Gasteiger partial charge in [-0.25, -0.2) is 4.98 Å². The first kappa shape index (κ1) is 14.5. The SMILES string of the molecule is CC(C)COc1ccc(C(=O)N2Cc3cccnc3C2)cn1. The van der Waals surface area contributed by atoms with Gasteiger partial charge in [0, 0.05) is 25.0 Å². The normalized spacial score (nSPS) is 13.3. The zero-order valence-corrected chi connectivity index (χ0v) is 12.8. The van der Waals surface area contributed by atoms with Crippen LogP contribution in [-0.4, -0.2) is 27.4 Å². The number of carbonyl (C=O) groups is 1. The summed E-state index contributed by atoms with van der Waals surface area (Å²) < 4.78 is 5.53. The van der Waals surface area contributed by atoms with E-state index in [9.17, 15) is 4.79 Å². The minimum absolute atomic E-state index is 0.0269. The highest BCUT2D eigenvalue weighted by molar-refractivity contribution is 5.94. The number of aromatic nitrogens is 2. The molecule has 0 radical (unpaired) electrons. The topological polar surface area (TPSA) is 55.3 Å². The van der Waals surface area contributed by atoms with Gasteiger partial charge < -0.3 is 9.64 Å². The van der Waals surface area contributed by atoms with Crippen LogP contribution in [0.2, 0.25) is 0 Å². The fraction of sp³-hybridized carbons (Fsp3) is 0.353. The maximum absolute atomic E-state index is 12.5. The Labute approximate surface area is 130 Å². The van der Waals surface area contributed by atoms with Crippen molar-refractivity contribution in [3.8, 4) is 5.88 Å². The van der Waals surface area contributed by atoms with Crippen LogP contribution in [0.25, 0.3) is 0 Å². The molecule has 2 aromatic rings. The Hall–Kier alpha value is -2.43. The first-order valence-electron chi connectivity index (χ1n) is 7.44. The molecule has 114 valence electrons. The number of carbonyl (C=O) groups excluding carboxylic acids is 1. The second-order valence-electron chi connectivity index (χ2n) is 5.86. The predicted octanol–water partition coefficient (Wildman–Crippen LogP) is 2.67. The van der Waals surface area contributed by atoms with Gasteiger partial charge in [0.25, 0.3) is 5.91 Å². The maximum atomic E-state index is 12.5. The Morgan fingerprint density at radius 3 is 2.82 bits per heavy atom. The lowest BCUT2D eigenvalue weighted by Gasteiger charge is -2.15. The van der Waals surface area contributed by atoms with Gasteiger partial charge in [0.15, 0.2) is 0 Å². The highest BCUT2D eigenvalue weighted by atomic mass is 16.5. The van der Waals surface area contributed by atoms with E-state index in [1.54, 1.807) is 29.4 Å². The minimum Gasteiger partial charge on any atom is -0.477 e. The number of amides is 1. The largest absolute Gasteiger partial charge is 0.477 e. The summed E-state index contributed by atoms with van der Waals surface area (Å²) in [7, 11) is 0. The Bertz CT molecular complexity index is 643. The molecule has 0 spiro atoms. The Kier molecular flexibility index (Phi) is 4.04. The number of hydrogen-bond donors (Lipinski definition) is 0. The van der Waals surface area contributed by atoms with Crippen molar-refractivity contribution in [1.29, 1.82) is 0 Å². The summed E-state index contributed by atoms with van der Waals surface area (Å²) in [6, 6.07) is 7.42. The standard InChI is InChI=1S/C17H19N3O2/c1-12(2)11-22-16-6-5-13(8-19-16)17(21)20-9-14-4-3-7-18-15(14)10-20/h3-8,12H,9-11H2,1-2H3. The van der Waals surface area contributed by atoms with Crippen molar-refractivity contribution in [1.82, 2.24) is 14.9 Å². The third-order valence-corrected chi connectivity index (χ3v) is 3.52. The fourth-order valence-corrected chi connectivity index (χ4v) is 2.37. The molecule has 0 bridgehead atoms. The van der Waals surface area contributed by atoms with E-state index < -0.39 is 0 Å². The smallest absolute Gasteiger partial charge is 0.256 e. The number of fused-ring (bicyclic) bond motifs is 1. The van der Waals surface area contributed by atoms with E-state index in [-0.39, 0.29) is 5.91 Å². The Balaban J connectivity index is 1.66. The maximum Gasteiger partial charge on any atom is 0.256 e. The Morgan fingerprint density at radius 2 is 2.14 bits per heavy atom. The summed E-state index contributed by atoms with van der Waals surface area (Å²) >= 11 is 0. The van der Waals surface area contributed by atoms with Crippen molar-refractivity contribution in [2.45, 2.75) is 26.9 Å². The molecular formula is C17H19N3O2. The molecule has 1 aliphatic heterocycles. The first-order valence-corrected chi connectivity index (χ1v) is 7.44. The van der Waals surface area contributed by atoms with Crippen LogP contribution < -0.4 is 4.74 Å². The minimum atomic E-state index is -0.0269. The van der Waals surface area contributed by atoms with Gasteiger partial charge in [-0.15, -0.1) is 0 Å². The monoisotopic (exact) mass is 297 g/mol. The lowest BCUT2D eigenvalue weighted by Crippen LogP contribution is -2.25. The van der Waals surface area contributed by atoms with Crippen molar-refractivity contribution in [3.05, 3.63) is 53.5 Å². The van der Waals surface area contributed by atoms with E-state index in [2.05, 4.69) is 23.8 Å². The van der Waals surface area contributed by atoms with Gasteiger partial charge in [0.1, 0.15) is 0 Å². The highest BCUT2D eigenvalue weighted by Crippen LogP contribution is 2.22. The number of ether oxygens (including phenoxy) is 1. The number of pyridine rings is 2. The summed E-state index contributed by atoms with van der Waals surface area (Å²) in [5.41, 5.74) is 2.66. The first-order chi connectivity index (χ1) is 10.6. The average Bonchev–Trinajstić information content (AvgIpc) is 2.96. The molecule has 22 heavy (non-hydrogen) atoms. The van der Waals surface area contributed by atoms with Gasteiger partial charge in [-0.2, -0.15) is 0 Å². The molecule has 0 atom stereocenters. The van der Waals surface area contributed by atoms with Crippen LogP contribution in [0.4, 0.5) is 0 Å². The van der Waals surface area contributed by atoms with Gasteiger partial charge in [-0.3, -0.25) is 9.78 Å². The zero-order chi connectivity index (χ0) is 15.5. The van der Waals surface area contributed by atoms with E-state index in [1.165, 1.54) is 0 Å². The van der Waals surface area contributed by atoms with Crippen molar-refractivity contribution in [2.24, 2.45) is 5.92 Å². The van der Waals surface area contributed by atoms with E-state index in [4.69, 9.17) is 4.74 Å². The Morgan fingerprint density at radius 1 is 1.27 bits per heavy atom. The second kappa shape index (κ2) is 6.13. The van der Waals surface area contributed by atoms with Crippen molar-refractivity contribution >= 4 is 5.91 Å². The molecule has 5 nitrogen and oxygen atoms in total. The predicted molar refractivity (Wildman–Crippen MR) is 82.4 cm³/mol. The van der Waals surface area contributed by atoms with Crippen LogP contribution in [0.1, 0.15) is 35.5 Å². The summed E-state index contributed by atoms with van der Waals surface area (Å²) in [5.74, 6) is 0.969. The van der Waals surface area contributed by atoms with Crippen molar-refractivity contribution in [2.75, 3.05) is 6.61 Å². The van der Waals surface area contributed by atoms with Crippen LogP contribution in [-0.2, 0) is 13.1 Å². The van der Waals surface area contributed by atoms with Gasteiger partial charge >= 0.3 is 0 Å². The molecule has 0 unspecified atom stereocenters. The van der Waals surface area contributed by atoms with Crippen LogP contribution in [0, 0.1) is 5.92 Å². The lowest BCUT2D eigenvalue weighted by atomic mass is 10.2. The second-order valence-corrected chi connectivity index (χ2v) is 5.86. The molecule has 0 saturated carbocycles. The molecule has 2 aromatic heterocycles. The number of rotatable bonds is 4. The molecule has 5 heteroatoms. The highest BCUT2D eigenvalue weighted by Gasteiger charge is 2.25. The molecule has 0 aliphatic carbocycles. The quantitative estimate of drug-likeness (QED) is 0.870. The zero-order valence-electron chi connectivity index (χ0n) is 12.8. The molecule has 0 aromatic carbocycles. The third-order valence-electron chi connectivity index (χ3n) is 3.52. The van der Waals surface area contributed by atoms with E-state index in [0.717, 1.165) is 11.3 Å². The molecule has 0 saturated heterocycles. The summed E-state index contributed by atoms with van der Waals surface area (Å²) in [4.78, 5) is 22.8. The average molecular weight is 297 g/mol. The van der Waals surface area contributed by atoms with Crippen LogP contribution in [0.3, 0.4) is 0 Å². The molecule has 1 aliphatic rings. The van der Waals surface area contributed by atoms with Gasteiger partial charge in [0.2, 0.25) is 5.88 Å². The molecule has 3 rings (SSSR count). The van der Waals surface area contributed by atoms with Gasteiger partial charge in [-0.05, 0) is 23.6 Å². The van der Waals surface area contributed by atoms with Crippen molar-refractivity contribution < 1.29 is 9.53 Å². The van der Waals surface area contributed by atoms with Crippen LogP contribution in [0.15, 0.2) is 36.7 Å². The fourth-order valence-electron chi connectivity index (χ4n) is 2.37. The summed E-state index contributed by atoms with van der Waals surface area (Å²) in [6.45, 7) is 5.94. The van der Waals surface area contributed by atoms with E-state index >= 15 is 0 Å². The van der Waals surface area contributed by atoms with Crippen LogP contribution >= 0.6 is 0 Å².